The first-order valence-electron chi connectivity index (χ1n) is 7.06. The molecule has 7 nitrogen and oxygen atoms in total. The molecule has 0 fully saturated rings. The minimum absolute atomic E-state index is 0.208. The topological polar surface area (TPSA) is 86.5 Å². The quantitative estimate of drug-likeness (QED) is 0.883. The number of aromatic nitrogens is 2. The summed E-state index contributed by atoms with van der Waals surface area (Å²) in [6.07, 6.45) is 1.46. The average molecular weight is 305 g/mol. The second-order valence-corrected chi connectivity index (χ2v) is 4.52. The lowest BCUT2D eigenvalue weighted by molar-refractivity contribution is 0.102. The van der Waals surface area contributed by atoms with E-state index >= 15 is 0 Å². The van der Waals surface area contributed by atoms with Crippen LogP contribution in [0.2, 0.25) is 0 Å². The minimum Gasteiger partial charge on any atom is -0.476 e. The molecular formula is C15H19N3O4. The molecule has 0 aromatic carbocycles. The Morgan fingerprint density at radius 2 is 2.00 bits per heavy atom. The van der Waals surface area contributed by atoms with Gasteiger partial charge in [0.15, 0.2) is 0 Å². The third-order valence-corrected chi connectivity index (χ3v) is 2.82. The standard InChI is InChI=1S/C15H19N3O4/c1-5-20-14-12(8-16-15(18-14)21-6-2)17-13(19)11-7-9(3)22-10(11)4/h7-8H,5-6H2,1-4H3,(H,17,19). The Morgan fingerprint density at radius 3 is 2.59 bits per heavy atom. The van der Waals surface area contributed by atoms with Crippen LogP contribution in [0.1, 0.15) is 35.7 Å². The molecule has 22 heavy (non-hydrogen) atoms. The zero-order chi connectivity index (χ0) is 16.1. The highest BCUT2D eigenvalue weighted by atomic mass is 16.5. The van der Waals surface area contributed by atoms with Crippen molar-refractivity contribution in [2.24, 2.45) is 0 Å². The van der Waals surface area contributed by atoms with Crippen LogP contribution in [0.5, 0.6) is 11.9 Å². The zero-order valence-electron chi connectivity index (χ0n) is 13.1. The summed E-state index contributed by atoms with van der Waals surface area (Å²) < 4.78 is 16.0. The van der Waals surface area contributed by atoms with Crippen LogP contribution in [-0.4, -0.2) is 29.1 Å². The number of furan rings is 1. The van der Waals surface area contributed by atoms with Crippen LogP contribution in [0.4, 0.5) is 5.69 Å². The first-order valence-corrected chi connectivity index (χ1v) is 7.06. The van der Waals surface area contributed by atoms with Gasteiger partial charge in [-0.25, -0.2) is 4.98 Å². The average Bonchev–Trinajstić information content (AvgIpc) is 2.81. The molecule has 0 atom stereocenters. The van der Waals surface area contributed by atoms with Crippen molar-refractivity contribution in [2.75, 3.05) is 18.5 Å². The van der Waals surface area contributed by atoms with Gasteiger partial charge >= 0.3 is 6.01 Å². The summed E-state index contributed by atoms with van der Waals surface area (Å²) in [6, 6.07) is 1.89. The SMILES string of the molecule is CCOc1ncc(NC(=O)c2cc(C)oc2C)c(OCC)n1. The van der Waals surface area contributed by atoms with Crippen LogP contribution in [0, 0.1) is 13.8 Å². The molecule has 2 aromatic heterocycles. The van der Waals surface area contributed by atoms with Crippen molar-refractivity contribution in [3.05, 3.63) is 29.3 Å². The van der Waals surface area contributed by atoms with Gasteiger partial charge in [-0.15, -0.1) is 0 Å². The van der Waals surface area contributed by atoms with E-state index in [4.69, 9.17) is 13.9 Å². The number of ether oxygens (including phenoxy) is 2. The smallest absolute Gasteiger partial charge is 0.319 e. The van der Waals surface area contributed by atoms with Gasteiger partial charge in [0.1, 0.15) is 17.2 Å². The van der Waals surface area contributed by atoms with Crippen molar-refractivity contribution < 1.29 is 18.7 Å². The molecule has 2 heterocycles. The second kappa shape index (κ2) is 6.93. The lowest BCUT2D eigenvalue weighted by Crippen LogP contribution is -2.14. The number of anilines is 1. The molecule has 1 N–H and O–H groups in total. The summed E-state index contributed by atoms with van der Waals surface area (Å²) in [5.74, 6) is 1.20. The summed E-state index contributed by atoms with van der Waals surface area (Å²) >= 11 is 0. The summed E-state index contributed by atoms with van der Waals surface area (Å²) in [5.41, 5.74) is 0.849. The largest absolute Gasteiger partial charge is 0.476 e. The molecule has 2 aromatic rings. The van der Waals surface area contributed by atoms with Crippen molar-refractivity contribution in [2.45, 2.75) is 27.7 Å². The molecule has 0 saturated carbocycles. The van der Waals surface area contributed by atoms with Gasteiger partial charge < -0.3 is 19.2 Å². The Hall–Kier alpha value is -2.57. The van der Waals surface area contributed by atoms with E-state index in [0.29, 0.717) is 36.0 Å². The van der Waals surface area contributed by atoms with E-state index in [1.165, 1.54) is 6.20 Å². The lowest BCUT2D eigenvalue weighted by atomic mass is 10.2. The Morgan fingerprint density at radius 1 is 1.27 bits per heavy atom. The van der Waals surface area contributed by atoms with Gasteiger partial charge in [-0.1, -0.05) is 0 Å². The number of rotatable bonds is 6. The Balaban J connectivity index is 2.24. The van der Waals surface area contributed by atoms with E-state index in [0.717, 1.165) is 0 Å². The van der Waals surface area contributed by atoms with Gasteiger partial charge in [0, 0.05) is 0 Å². The van der Waals surface area contributed by atoms with E-state index < -0.39 is 0 Å². The molecule has 0 radical (unpaired) electrons. The fraction of sp³-hybridized carbons (Fsp3) is 0.400. The molecule has 118 valence electrons. The number of nitrogens with zero attached hydrogens (tertiary/aromatic N) is 2. The third-order valence-electron chi connectivity index (χ3n) is 2.82. The highest BCUT2D eigenvalue weighted by Gasteiger charge is 2.17. The first-order chi connectivity index (χ1) is 10.5. The van der Waals surface area contributed by atoms with Gasteiger partial charge in [0.05, 0.1) is 25.0 Å². The van der Waals surface area contributed by atoms with Gasteiger partial charge in [-0.05, 0) is 33.8 Å². The van der Waals surface area contributed by atoms with Crippen molar-refractivity contribution in [1.82, 2.24) is 9.97 Å². The number of carbonyl (C=O) groups is 1. The molecule has 0 bridgehead atoms. The Labute approximate surface area is 128 Å². The number of aryl methyl sites for hydroxylation is 2. The first kappa shape index (κ1) is 15.8. The maximum absolute atomic E-state index is 12.3. The van der Waals surface area contributed by atoms with Crippen molar-refractivity contribution in [1.29, 1.82) is 0 Å². The van der Waals surface area contributed by atoms with Crippen LogP contribution in [-0.2, 0) is 0 Å². The molecule has 0 spiro atoms. The van der Waals surface area contributed by atoms with E-state index in [9.17, 15) is 4.79 Å². The van der Waals surface area contributed by atoms with Crippen LogP contribution in [0.15, 0.2) is 16.7 Å². The second-order valence-electron chi connectivity index (χ2n) is 4.52. The molecule has 2 rings (SSSR count). The van der Waals surface area contributed by atoms with Crippen molar-refractivity contribution >= 4 is 11.6 Å². The van der Waals surface area contributed by atoms with E-state index in [1.807, 2.05) is 13.8 Å². The van der Waals surface area contributed by atoms with E-state index in [2.05, 4.69) is 15.3 Å². The van der Waals surface area contributed by atoms with Crippen LogP contribution >= 0.6 is 0 Å². The van der Waals surface area contributed by atoms with Crippen LogP contribution in [0.3, 0.4) is 0 Å². The van der Waals surface area contributed by atoms with Gasteiger partial charge in [0.2, 0.25) is 5.88 Å². The lowest BCUT2D eigenvalue weighted by Gasteiger charge is -2.11. The maximum Gasteiger partial charge on any atom is 0.319 e. The highest BCUT2D eigenvalue weighted by molar-refractivity contribution is 6.05. The van der Waals surface area contributed by atoms with Gasteiger partial charge in [-0.3, -0.25) is 4.79 Å². The fourth-order valence-electron chi connectivity index (χ4n) is 1.93. The summed E-state index contributed by atoms with van der Waals surface area (Å²) in [6.45, 7) is 8.05. The summed E-state index contributed by atoms with van der Waals surface area (Å²) in [4.78, 5) is 20.5. The molecule has 7 heteroatoms. The summed E-state index contributed by atoms with van der Waals surface area (Å²) in [7, 11) is 0. The number of carbonyl (C=O) groups excluding carboxylic acids is 1. The van der Waals surface area contributed by atoms with Gasteiger partial charge in [-0.2, -0.15) is 4.98 Å². The fourth-order valence-corrected chi connectivity index (χ4v) is 1.93. The monoisotopic (exact) mass is 305 g/mol. The maximum atomic E-state index is 12.3. The molecule has 0 unspecified atom stereocenters. The molecule has 0 aliphatic carbocycles. The normalized spacial score (nSPS) is 10.4. The number of nitrogens with one attached hydrogen (secondary N) is 1. The van der Waals surface area contributed by atoms with Crippen LogP contribution in [0.25, 0.3) is 0 Å². The van der Waals surface area contributed by atoms with Crippen molar-refractivity contribution in [3.63, 3.8) is 0 Å². The number of amides is 1. The van der Waals surface area contributed by atoms with E-state index in [-0.39, 0.29) is 17.8 Å². The van der Waals surface area contributed by atoms with Crippen molar-refractivity contribution in [3.8, 4) is 11.9 Å². The molecule has 1 amide bonds. The van der Waals surface area contributed by atoms with E-state index in [1.54, 1.807) is 19.9 Å². The summed E-state index contributed by atoms with van der Waals surface area (Å²) in [5, 5.41) is 2.73. The number of hydrogen-bond acceptors (Lipinski definition) is 6. The molecule has 0 aliphatic rings. The predicted molar refractivity (Wildman–Crippen MR) is 80.5 cm³/mol. The van der Waals surface area contributed by atoms with Gasteiger partial charge in [0.25, 0.3) is 5.91 Å². The molecule has 0 aliphatic heterocycles. The molecule has 0 saturated heterocycles. The number of hydrogen-bond donors (Lipinski definition) is 1. The third kappa shape index (κ3) is 3.55. The highest BCUT2D eigenvalue weighted by Crippen LogP contribution is 2.24. The van der Waals surface area contributed by atoms with Crippen LogP contribution < -0.4 is 14.8 Å². The Kier molecular flexibility index (Phi) is 4.98. The zero-order valence-corrected chi connectivity index (χ0v) is 13.1. The Bertz CT molecular complexity index is 667. The minimum atomic E-state index is -0.303. The molecular weight excluding hydrogens is 286 g/mol. The predicted octanol–water partition coefficient (Wildman–Crippen LogP) is 2.74.